The third-order valence-electron chi connectivity index (χ3n) is 4.17. The molecule has 0 amide bonds. The van der Waals surface area contributed by atoms with Gasteiger partial charge in [0.15, 0.2) is 5.70 Å². The van der Waals surface area contributed by atoms with Crippen molar-refractivity contribution >= 4 is 56.5 Å². The summed E-state index contributed by atoms with van der Waals surface area (Å²) in [4.78, 5) is 16.6. The van der Waals surface area contributed by atoms with E-state index in [1.807, 2.05) is 72.8 Å². The Morgan fingerprint density at radius 1 is 1.03 bits per heavy atom. The highest BCUT2D eigenvalue weighted by Gasteiger charge is 2.24. The molecule has 0 spiro atoms. The third-order valence-corrected chi connectivity index (χ3v) is 5.38. The molecule has 0 aromatic heterocycles. The van der Waals surface area contributed by atoms with E-state index in [9.17, 15) is 4.79 Å². The number of cyclic esters (lactones) is 1. The van der Waals surface area contributed by atoms with Crippen molar-refractivity contribution in [3.05, 3.63) is 103 Å². The van der Waals surface area contributed by atoms with Gasteiger partial charge in [0.1, 0.15) is 12.4 Å². The SMILES string of the molecule is O=C1OC(c2ccc(I)cc2)=N/C1=C\c1cccc(OCc2cccc(Br)c2)c1. The number of carbonyl (C=O) groups is 1. The minimum atomic E-state index is -0.459. The first kappa shape index (κ1) is 19.8. The summed E-state index contributed by atoms with van der Waals surface area (Å²) in [7, 11) is 0. The van der Waals surface area contributed by atoms with E-state index in [1.165, 1.54) is 0 Å². The van der Waals surface area contributed by atoms with Crippen LogP contribution in [0.4, 0.5) is 0 Å². The maximum absolute atomic E-state index is 12.2. The molecule has 0 unspecified atom stereocenters. The highest BCUT2D eigenvalue weighted by atomic mass is 127. The predicted molar refractivity (Wildman–Crippen MR) is 125 cm³/mol. The fourth-order valence-electron chi connectivity index (χ4n) is 2.77. The Morgan fingerprint density at radius 2 is 1.83 bits per heavy atom. The molecule has 29 heavy (non-hydrogen) atoms. The van der Waals surface area contributed by atoms with Crippen molar-refractivity contribution in [2.75, 3.05) is 0 Å². The first-order chi connectivity index (χ1) is 14.1. The lowest BCUT2D eigenvalue weighted by molar-refractivity contribution is -0.129. The molecular formula is C23H15BrINO3. The molecule has 0 fully saturated rings. The van der Waals surface area contributed by atoms with Crippen LogP contribution < -0.4 is 4.74 Å². The van der Waals surface area contributed by atoms with Crippen LogP contribution in [0.2, 0.25) is 0 Å². The molecule has 4 rings (SSSR count). The van der Waals surface area contributed by atoms with E-state index in [4.69, 9.17) is 9.47 Å². The molecule has 0 atom stereocenters. The van der Waals surface area contributed by atoms with Crippen molar-refractivity contribution in [3.8, 4) is 5.75 Å². The lowest BCUT2D eigenvalue weighted by atomic mass is 10.2. The van der Waals surface area contributed by atoms with E-state index >= 15 is 0 Å². The van der Waals surface area contributed by atoms with Gasteiger partial charge >= 0.3 is 5.97 Å². The van der Waals surface area contributed by atoms with Crippen LogP contribution in [0.25, 0.3) is 6.08 Å². The van der Waals surface area contributed by atoms with Crippen molar-refractivity contribution in [3.63, 3.8) is 0 Å². The number of hydrogen-bond acceptors (Lipinski definition) is 4. The van der Waals surface area contributed by atoms with E-state index < -0.39 is 5.97 Å². The summed E-state index contributed by atoms with van der Waals surface area (Å²) in [5.74, 6) is 0.575. The van der Waals surface area contributed by atoms with Gasteiger partial charge in [-0.15, -0.1) is 0 Å². The number of benzene rings is 3. The summed E-state index contributed by atoms with van der Waals surface area (Å²) >= 11 is 5.68. The zero-order chi connectivity index (χ0) is 20.2. The summed E-state index contributed by atoms with van der Waals surface area (Å²) in [5.41, 5.74) is 2.92. The van der Waals surface area contributed by atoms with Gasteiger partial charge in [-0.2, -0.15) is 0 Å². The van der Waals surface area contributed by atoms with Crippen LogP contribution in [-0.4, -0.2) is 11.9 Å². The van der Waals surface area contributed by atoms with E-state index in [0.29, 0.717) is 18.3 Å². The maximum Gasteiger partial charge on any atom is 0.363 e. The topological polar surface area (TPSA) is 47.9 Å². The molecule has 1 aliphatic rings. The quantitative estimate of drug-likeness (QED) is 0.219. The normalized spacial score (nSPS) is 14.6. The lowest BCUT2D eigenvalue weighted by Gasteiger charge is -2.07. The zero-order valence-corrected chi connectivity index (χ0v) is 18.9. The monoisotopic (exact) mass is 559 g/mol. The first-order valence-corrected chi connectivity index (χ1v) is 10.7. The van der Waals surface area contributed by atoms with Crippen LogP contribution in [0.15, 0.2) is 88.0 Å². The summed E-state index contributed by atoms with van der Waals surface area (Å²) in [6.07, 6.45) is 1.70. The van der Waals surface area contributed by atoms with Crippen LogP contribution in [-0.2, 0) is 16.1 Å². The molecule has 6 heteroatoms. The second-order valence-electron chi connectivity index (χ2n) is 6.33. The molecule has 4 nitrogen and oxygen atoms in total. The molecule has 0 saturated heterocycles. The van der Waals surface area contributed by atoms with Gasteiger partial charge < -0.3 is 9.47 Å². The van der Waals surface area contributed by atoms with E-state index in [-0.39, 0.29) is 5.70 Å². The number of ether oxygens (including phenoxy) is 2. The molecule has 144 valence electrons. The van der Waals surface area contributed by atoms with Crippen LogP contribution >= 0.6 is 38.5 Å². The minimum absolute atomic E-state index is 0.266. The minimum Gasteiger partial charge on any atom is -0.489 e. The van der Waals surface area contributed by atoms with Crippen molar-refractivity contribution in [2.24, 2.45) is 4.99 Å². The molecule has 0 radical (unpaired) electrons. The van der Waals surface area contributed by atoms with Crippen LogP contribution in [0.3, 0.4) is 0 Å². The van der Waals surface area contributed by atoms with Crippen LogP contribution in [0.1, 0.15) is 16.7 Å². The van der Waals surface area contributed by atoms with Gasteiger partial charge in [0.05, 0.1) is 0 Å². The third kappa shape index (κ3) is 5.13. The summed E-state index contributed by atoms with van der Waals surface area (Å²) in [6, 6.07) is 23.1. The second-order valence-corrected chi connectivity index (χ2v) is 8.50. The van der Waals surface area contributed by atoms with Gasteiger partial charge in [-0.1, -0.05) is 40.2 Å². The van der Waals surface area contributed by atoms with E-state index in [2.05, 4.69) is 43.5 Å². The van der Waals surface area contributed by atoms with Gasteiger partial charge in [0.2, 0.25) is 5.90 Å². The molecular weight excluding hydrogens is 545 g/mol. The van der Waals surface area contributed by atoms with Gasteiger partial charge in [-0.05, 0) is 88.3 Å². The second kappa shape index (κ2) is 8.92. The van der Waals surface area contributed by atoms with E-state index in [0.717, 1.165) is 24.7 Å². The van der Waals surface area contributed by atoms with E-state index in [1.54, 1.807) is 6.08 Å². The van der Waals surface area contributed by atoms with Crippen LogP contribution in [0.5, 0.6) is 5.75 Å². The van der Waals surface area contributed by atoms with Gasteiger partial charge in [-0.25, -0.2) is 9.79 Å². The molecule has 0 aliphatic carbocycles. The Balaban J connectivity index is 1.51. The Labute approximate surface area is 190 Å². The smallest absolute Gasteiger partial charge is 0.363 e. The summed E-state index contributed by atoms with van der Waals surface area (Å²) < 4.78 is 13.3. The standard InChI is InChI=1S/C23H15BrINO3/c24-18-5-1-4-16(11-18)14-28-20-6-2-3-15(12-20)13-21-23(27)29-22(26-21)17-7-9-19(25)10-8-17/h1-13H,14H2/b21-13-. The highest BCUT2D eigenvalue weighted by molar-refractivity contribution is 14.1. The van der Waals surface area contributed by atoms with Crippen molar-refractivity contribution in [1.29, 1.82) is 0 Å². The molecule has 0 saturated carbocycles. The highest BCUT2D eigenvalue weighted by Crippen LogP contribution is 2.22. The Bertz CT molecular complexity index is 1120. The number of halogens is 2. The zero-order valence-electron chi connectivity index (χ0n) is 15.1. The predicted octanol–water partition coefficient (Wildman–Crippen LogP) is 5.98. The molecule has 1 heterocycles. The number of nitrogens with zero attached hydrogens (tertiary/aromatic N) is 1. The number of rotatable bonds is 5. The fourth-order valence-corrected chi connectivity index (χ4v) is 3.58. The molecule has 0 N–H and O–H groups in total. The Morgan fingerprint density at radius 3 is 2.62 bits per heavy atom. The fraction of sp³-hybridized carbons (Fsp3) is 0.0435. The molecule has 3 aromatic rings. The molecule has 0 bridgehead atoms. The maximum atomic E-state index is 12.2. The largest absolute Gasteiger partial charge is 0.489 e. The number of aliphatic imine (C=N–C) groups is 1. The number of esters is 1. The van der Waals surface area contributed by atoms with Crippen molar-refractivity contribution in [1.82, 2.24) is 0 Å². The Hall–Kier alpha value is -2.45. The first-order valence-electron chi connectivity index (χ1n) is 8.83. The van der Waals surface area contributed by atoms with Gasteiger partial charge in [0.25, 0.3) is 0 Å². The molecule has 1 aliphatic heterocycles. The average molecular weight is 560 g/mol. The van der Waals surface area contributed by atoms with Crippen LogP contribution in [0, 0.1) is 3.57 Å². The van der Waals surface area contributed by atoms with Gasteiger partial charge in [-0.3, -0.25) is 0 Å². The molecule has 3 aromatic carbocycles. The van der Waals surface area contributed by atoms with Crippen molar-refractivity contribution < 1.29 is 14.3 Å². The lowest BCUT2D eigenvalue weighted by Crippen LogP contribution is -2.05. The average Bonchev–Trinajstić information content (AvgIpc) is 3.08. The Kier molecular flexibility index (Phi) is 6.10. The van der Waals surface area contributed by atoms with Gasteiger partial charge in [0, 0.05) is 13.6 Å². The summed E-state index contributed by atoms with van der Waals surface area (Å²) in [5, 5.41) is 0. The number of hydrogen-bond donors (Lipinski definition) is 0. The van der Waals surface area contributed by atoms with Crippen molar-refractivity contribution in [2.45, 2.75) is 6.61 Å². The number of carbonyl (C=O) groups excluding carboxylic acids is 1. The summed E-state index contributed by atoms with van der Waals surface area (Å²) in [6.45, 7) is 0.455.